The quantitative estimate of drug-likeness (QED) is 0.244. The Morgan fingerprint density at radius 1 is 1.10 bits per heavy atom. The number of benzene rings is 2. The van der Waals surface area contributed by atoms with Crippen LogP contribution < -0.4 is 16.0 Å². The Kier molecular flexibility index (Phi) is 7.33. The second kappa shape index (κ2) is 10.8. The van der Waals surface area contributed by atoms with Crippen molar-refractivity contribution in [2.45, 2.75) is 39.3 Å². The molecule has 0 saturated heterocycles. The van der Waals surface area contributed by atoms with E-state index in [-0.39, 0.29) is 24.3 Å². The molecular formula is C30H27FN4O5S. The van der Waals surface area contributed by atoms with Crippen molar-refractivity contribution >= 4 is 33.2 Å². The lowest BCUT2D eigenvalue weighted by Crippen LogP contribution is -2.32. The number of halogens is 1. The summed E-state index contributed by atoms with van der Waals surface area (Å²) in [5, 5.41) is 10.5. The molecule has 9 nitrogen and oxygen atoms in total. The Balaban J connectivity index is 1.44. The normalized spacial score (nSPS) is 11.6. The average Bonchev–Trinajstić information content (AvgIpc) is 3.45. The van der Waals surface area contributed by atoms with Crippen molar-refractivity contribution in [1.29, 1.82) is 0 Å². The first-order chi connectivity index (χ1) is 19.4. The van der Waals surface area contributed by atoms with Gasteiger partial charge in [-0.05, 0) is 56.7 Å². The molecule has 1 amide bonds. The Hall–Kier alpha value is -4.61. The van der Waals surface area contributed by atoms with E-state index in [9.17, 15) is 19.5 Å². The molecule has 5 rings (SSSR count). The largest absolute Gasteiger partial charge is 0.453 e. The topological polar surface area (TPSA) is 129 Å². The van der Waals surface area contributed by atoms with Gasteiger partial charge >= 0.3 is 0 Å². The third kappa shape index (κ3) is 5.67. The molecule has 0 radical (unpaired) electrons. The van der Waals surface area contributed by atoms with Gasteiger partial charge in [-0.1, -0.05) is 24.3 Å². The van der Waals surface area contributed by atoms with Crippen LogP contribution in [0.4, 0.5) is 4.39 Å². The molecule has 0 bridgehead atoms. The molecular weight excluding hydrogens is 547 g/mol. The predicted molar refractivity (Wildman–Crippen MR) is 154 cm³/mol. The predicted octanol–water partition coefficient (Wildman–Crippen LogP) is 4.78. The molecule has 5 aromatic rings. The minimum atomic E-state index is -1.16. The highest BCUT2D eigenvalue weighted by molar-refractivity contribution is 7.21. The standard InChI is InChI=1S/C30H27FN4O5S/c1-17-26(29(38)35(19-7-5-4-6-8-19)34(17)16-30(2,3)39)22(36)14-18-9-10-23(20(31)13-18)40-24-11-12-33-21-15-25(28(32)37)41-27(21)24/h4-13,15,39H,14,16H2,1-3H3,(H2,32,37). The van der Waals surface area contributed by atoms with Crippen molar-refractivity contribution in [3.63, 3.8) is 0 Å². The zero-order valence-electron chi connectivity index (χ0n) is 22.6. The van der Waals surface area contributed by atoms with Crippen LogP contribution in [0.1, 0.15) is 45.1 Å². The number of carbonyl (C=O) groups is 2. The van der Waals surface area contributed by atoms with Gasteiger partial charge in [0.2, 0.25) is 0 Å². The van der Waals surface area contributed by atoms with Crippen molar-refractivity contribution in [2.75, 3.05) is 0 Å². The molecule has 3 aromatic heterocycles. The number of ketones is 1. The molecule has 0 unspecified atom stereocenters. The smallest absolute Gasteiger partial charge is 0.282 e. The van der Waals surface area contributed by atoms with Crippen LogP contribution in [0.2, 0.25) is 0 Å². The van der Waals surface area contributed by atoms with Crippen LogP contribution in [0.25, 0.3) is 15.9 Å². The molecule has 11 heteroatoms. The van der Waals surface area contributed by atoms with Gasteiger partial charge in [-0.2, -0.15) is 0 Å². The first-order valence-electron chi connectivity index (χ1n) is 12.7. The number of thiophene rings is 1. The van der Waals surface area contributed by atoms with Crippen LogP contribution in [0.5, 0.6) is 11.5 Å². The summed E-state index contributed by atoms with van der Waals surface area (Å²) in [5.74, 6) is -1.56. The molecule has 0 atom stereocenters. The van der Waals surface area contributed by atoms with Gasteiger partial charge in [0.1, 0.15) is 11.3 Å². The molecule has 0 aliphatic heterocycles. The number of rotatable bonds is 9. The number of pyridine rings is 1. The zero-order valence-corrected chi connectivity index (χ0v) is 23.4. The van der Waals surface area contributed by atoms with Gasteiger partial charge in [-0.25, -0.2) is 9.07 Å². The van der Waals surface area contributed by atoms with Gasteiger partial charge in [0.05, 0.1) is 32.9 Å². The molecule has 0 saturated carbocycles. The second-order valence-corrected chi connectivity index (χ2v) is 11.3. The number of fused-ring (bicyclic) bond motifs is 1. The number of ether oxygens (including phenoxy) is 1. The number of nitrogens with two attached hydrogens (primary N) is 1. The molecule has 3 N–H and O–H groups in total. The van der Waals surface area contributed by atoms with Crippen molar-refractivity contribution in [3.8, 4) is 17.2 Å². The average molecular weight is 575 g/mol. The highest BCUT2D eigenvalue weighted by Crippen LogP contribution is 2.35. The Labute approximate surface area is 238 Å². The van der Waals surface area contributed by atoms with Crippen LogP contribution in [0.3, 0.4) is 0 Å². The summed E-state index contributed by atoms with van der Waals surface area (Å²) in [7, 11) is 0. The fourth-order valence-electron chi connectivity index (χ4n) is 4.60. The number of carbonyl (C=O) groups excluding carboxylic acids is 2. The van der Waals surface area contributed by atoms with Gasteiger partial charge in [-0.15, -0.1) is 11.3 Å². The summed E-state index contributed by atoms with van der Waals surface area (Å²) in [6, 6.07) is 16.1. The fourth-order valence-corrected chi connectivity index (χ4v) is 5.52. The fraction of sp³-hybridized carbons (Fsp3) is 0.200. The highest BCUT2D eigenvalue weighted by Gasteiger charge is 2.27. The van der Waals surface area contributed by atoms with Crippen LogP contribution in [0, 0.1) is 12.7 Å². The molecule has 0 spiro atoms. The number of hydrogen-bond donors (Lipinski definition) is 2. The summed E-state index contributed by atoms with van der Waals surface area (Å²) in [6.07, 6.45) is 1.26. The van der Waals surface area contributed by atoms with Crippen molar-refractivity contribution in [3.05, 3.63) is 105 Å². The minimum absolute atomic E-state index is 0.0269. The van der Waals surface area contributed by atoms with Crippen molar-refractivity contribution in [1.82, 2.24) is 14.3 Å². The van der Waals surface area contributed by atoms with E-state index in [0.717, 1.165) is 11.3 Å². The lowest BCUT2D eigenvalue weighted by atomic mass is 10.0. The first kappa shape index (κ1) is 27.9. The van der Waals surface area contributed by atoms with Crippen LogP contribution in [-0.2, 0) is 13.0 Å². The molecule has 210 valence electrons. The number of para-hydroxylation sites is 1. The summed E-state index contributed by atoms with van der Waals surface area (Å²) < 4.78 is 24.4. The van der Waals surface area contributed by atoms with Gasteiger partial charge in [0.15, 0.2) is 17.3 Å². The van der Waals surface area contributed by atoms with Crippen LogP contribution in [-0.4, -0.2) is 36.7 Å². The van der Waals surface area contributed by atoms with Crippen molar-refractivity contribution < 1.29 is 23.8 Å². The van der Waals surface area contributed by atoms with E-state index in [2.05, 4.69) is 4.98 Å². The van der Waals surface area contributed by atoms with Gasteiger partial charge in [0.25, 0.3) is 11.5 Å². The molecule has 3 heterocycles. The van der Waals surface area contributed by atoms with Gasteiger partial charge in [0, 0.05) is 24.4 Å². The summed E-state index contributed by atoms with van der Waals surface area (Å²) in [4.78, 5) is 43.0. The van der Waals surface area contributed by atoms with E-state index in [4.69, 9.17) is 10.5 Å². The van der Waals surface area contributed by atoms with E-state index in [1.54, 1.807) is 67.9 Å². The number of aliphatic hydroxyl groups is 1. The summed E-state index contributed by atoms with van der Waals surface area (Å²) in [5.41, 5.74) is 5.47. The number of hydrogen-bond acceptors (Lipinski definition) is 7. The zero-order chi connectivity index (χ0) is 29.5. The van der Waals surface area contributed by atoms with Gasteiger partial charge in [-0.3, -0.25) is 24.0 Å². The lowest BCUT2D eigenvalue weighted by Gasteiger charge is -2.22. The number of aromatic nitrogens is 3. The number of nitrogens with zero attached hydrogens (tertiary/aromatic N) is 3. The highest BCUT2D eigenvalue weighted by atomic mass is 32.1. The maximum Gasteiger partial charge on any atom is 0.282 e. The Morgan fingerprint density at radius 2 is 1.83 bits per heavy atom. The van der Waals surface area contributed by atoms with Crippen LogP contribution >= 0.6 is 11.3 Å². The lowest BCUT2D eigenvalue weighted by molar-refractivity contribution is 0.0545. The van der Waals surface area contributed by atoms with Crippen molar-refractivity contribution in [2.24, 2.45) is 5.73 Å². The summed E-state index contributed by atoms with van der Waals surface area (Å²) in [6.45, 7) is 4.96. The number of amides is 1. The Morgan fingerprint density at radius 3 is 2.49 bits per heavy atom. The van der Waals surface area contributed by atoms with Crippen LogP contribution in [0.15, 0.2) is 71.7 Å². The number of primary amides is 1. The van der Waals surface area contributed by atoms with Gasteiger partial charge < -0.3 is 15.6 Å². The van der Waals surface area contributed by atoms with E-state index in [1.165, 1.54) is 23.0 Å². The molecule has 41 heavy (non-hydrogen) atoms. The molecule has 0 aliphatic rings. The molecule has 0 fully saturated rings. The summed E-state index contributed by atoms with van der Waals surface area (Å²) >= 11 is 1.10. The first-order valence-corrected chi connectivity index (χ1v) is 13.5. The third-order valence-corrected chi connectivity index (χ3v) is 7.57. The monoisotopic (exact) mass is 574 g/mol. The van der Waals surface area contributed by atoms with E-state index in [1.807, 2.05) is 6.07 Å². The Bertz CT molecular complexity index is 1850. The minimum Gasteiger partial charge on any atom is -0.453 e. The molecule has 0 aliphatic carbocycles. The number of Topliss-reactive ketones (excluding diaryl/α,β-unsaturated/α-hetero) is 1. The maximum absolute atomic E-state index is 15.1. The van der Waals surface area contributed by atoms with E-state index < -0.39 is 28.7 Å². The maximum atomic E-state index is 15.1. The molecule has 2 aromatic carbocycles. The second-order valence-electron chi connectivity index (χ2n) is 10.2. The van der Waals surface area contributed by atoms with E-state index in [0.29, 0.717) is 37.8 Å². The third-order valence-electron chi connectivity index (χ3n) is 6.41. The van der Waals surface area contributed by atoms with E-state index >= 15 is 4.39 Å². The SMILES string of the molecule is Cc1c(C(=O)Cc2ccc(Oc3ccnc4cc(C(N)=O)sc34)c(F)c2)c(=O)n(-c2ccccc2)n1CC(C)(C)O.